The molecular formula is C19H23N7O2. The molecule has 3 aromatic heterocycles. The molecule has 0 bridgehead atoms. The van der Waals surface area contributed by atoms with Crippen LogP contribution in [0.4, 0.5) is 11.6 Å². The van der Waals surface area contributed by atoms with Gasteiger partial charge in [-0.15, -0.1) is 0 Å². The molecule has 3 aromatic rings. The van der Waals surface area contributed by atoms with E-state index in [-0.39, 0.29) is 6.10 Å². The third-order valence-electron chi connectivity index (χ3n) is 5.42. The van der Waals surface area contributed by atoms with Gasteiger partial charge in [0.25, 0.3) is 0 Å². The van der Waals surface area contributed by atoms with E-state index in [4.69, 9.17) is 19.3 Å². The van der Waals surface area contributed by atoms with Crippen molar-refractivity contribution < 1.29 is 9.37 Å². The highest BCUT2D eigenvalue weighted by Crippen LogP contribution is 2.31. The number of piperidine rings is 1. The summed E-state index contributed by atoms with van der Waals surface area (Å²) in [6.45, 7) is 4.31. The predicted molar refractivity (Wildman–Crippen MR) is 103 cm³/mol. The van der Waals surface area contributed by atoms with Crippen molar-refractivity contribution in [1.82, 2.24) is 25.3 Å². The molecule has 0 N–H and O–H groups in total. The molecule has 0 aliphatic carbocycles. The van der Waals surface area contributed by atoms with E-state index in [1.165, 1.54) is 12.8 Å². The fourth-order valence-electron chi connectivity index (χ4n) is 3.90. The Balaban J connectivity index is 1.29. The van der Waals surface area contributed by atoms with Gasteiger partial charge in [0.1, 0.15) is 0 Å². The lowest BCUT2D eigenvalue weighted by atomic mass is 10.1. The summed E-state index contributed by atoms with van der Waals surface area (Å²) in [6.07, 6.45) is 6.29. The van der Waals surface area contributed by atoms with E-state index in [9.17, 15) is 0 Å². The summed E-state index contributed by atoms with van der Waals surface area (Å²) in [5.74, 6) is 1.78. The lowest BCUT2D eigenvalue weighted by molar-refractivity contribution is 0.0234. The van der Waals surface area contributed by atoms with Gasteiger partial charge in [0, 0.05) is 32.4 Å². The van der Waals surface area contributed by atoms with Crippen LogP contribution in [0.1, 0.15) is 31.4 Å². The Morgan fingerprint density at radius 2 is 1.61 bits per heavy atom. The molecule has 0 aromatic carbocycles. The maximum Gasteiger partial charge on any atom is 0.245 e. The number of aromatic nitrogens is 5. The molecule has 0 amide bonds. The van der Waals surface area contributed by atoms with Crippen LogP contribution in [-0.4, -0.2) is 57.5 Å². The van der Waals surface area contributed by atoms with E-state index in [2.05, 4.69) is 25.1 Å². The number of nitrogens with zero attached hydrogens (tertiary/aromatic N) is 7. The van der Waals surface area contributed by atoms with Gasteiger partial charge in [-0.2, -0.15) is 0 Å². The molecule has 0 unspecified atom stereocenters. The lowest BCUT2D eigenvalue weighted by Crippen LogP contribution is -2.38. The van der Waals surface area contributed by atoms with Crippen LogP contribution in [-0.2, 0) is 11.3 Å². The summed E-state index contributed by atoms with van der Waals surface area (Å²) < 4.78 is 10.9. The van der Waals surface area contributed by atoms with Crippen molar-refractivity contribution in [3.8, 4) is 0 Å². The fourth-order valence-corrected chi connectivity index (χ4v) is 3.90. The Morgan fingerprint density at radius 3 is 2.25 bits per heavy atom. The Labute approximate surface area is 162 Å². The molecular weight excluding hydrogens is 358 g/mol. The molecule has 0 atom stereocenters. The first-order valence-electron chi connectivity index (χ1n) is 9.88. The van der Waals surface area contributed by atoms with E-state index in [0.29, 0.717) is 17.9 Å². The quantitative estimate of drug-likeness (QED) is 0.659. The van der Waals surface area contributed by atoms with Gasteiger partial charge in [0.15, 0.2) is 11.6 Å². The van der Waals surface area contributed by atoms with Crippen molar-refractivity contribution in [1.29, 1.82) is 0 Å². The van der Waals surface area contributed by atoms with Crippen molar-refractivity contribution in [2.24, 2.45) is 0 Å². The molecule has 0 radical (unpaired) electrons. The normalized spacial score (nSPS) is 18.3. The average molecular weight is 381 g/mol. The zero-order valence-corrected chi connectivity index (χ0v) is 15.7. The number of hydrogen-bond acceptors (Lipinski definition) is 9. The second-order valence-electron chi connectivity index (χ2n) is 7.29. The number of rotatable bonds is 5. The summed E-state index contributed by atoms with van der Waals surface area (Å²) in [4.78, 5) is 18.3. The average Bonchev–Trinajstić information content (AvgIpc) is 3.44. The Morgan fingerprint density at radius 1 is 0.929 bits per heavy atom. The highest BCUT2D eigenvalue weighted by atomic mass is 16.6. The molecule has 0 spiro atoms. The van der Waals surface area contributed by atoms with E-state index in [0.717, 1.165) is 56.4 Å². The summed E-state index contributed by atoms with van der Waals surface area (Å²) in [5.41, 5.74) is 1.90. The van der Waals surface area contributed by atoms with Crippen LogP contribution in [0.3, 0.4) is 0 Å². The zero-order chi connectivity index (χ0) is 18.8. The first-order valence-corrected chi connectivity index (χ1v) is 9.88. The lowest BCUT2D eigenvalue weighted by Gasteiger charge is -2.34. The van der Waals surface area contributed by atoms with Gasteiger partial charge in [-0.25, -0.2) is 14.6 Å². The molecule has 9 heteroatoms. The summed E-state index contributed by atoms with van der Waals surface area (Å²) in [7, 11) is 0. The van der Waals surface area contributed by atoms with Crippen molar-refractivity contribution in [3.05, 3.63) is 30.1 Å². The largest absolute Gasteiger partial charge is 0.372 e. The minimum absolute atomic E-state index is 0.235. The Hall–Kier alpha value is -2.81. The SMILES string of the molecule is c1ccc(COC2CCN(c3nc4nonc4nc3N3CCCC3)CC2)nc1. The summed E-state index contributed by atoms with van der Waals surface area (Å²) in [5, 5.41) is 7.75. The van der Waals surface area contributed by atoms with Crippen LogP contribution < -0.4 is 9.80 Å². The van der Waals surface area contributed by atoms with E-state index >= 15 is 0 Å². The third-order valence-corrected chi connectivity index (χ3v) is 5.42. The molecule has 5 rings (SSSR count). The second kappa shape index (κ2) is 7.67. The van der Waals surface area contributed by atoms with Gasteiger partial charge in [-0.05, 0) is 48.1 Å². The number of fused-ring (bicyclic) bond motifs is 1. The molecule has 28 heavy (non-hydrogen) atoms. The van der Waals surface area contributed by atoms with Gasteiger partial charge >= 0.3 is 0 Å². The van der Waals surface area contributed by atoms with Crippen molar-refractivity contribution in [2.45, 2.75) is 38.4 Å². The molecule has 2 aliphatic heterocycles. The summed E-state index contributed by atoms with van der Waals surface area (Å²) >= 11 is 0. The molecule has 0 saturated carbocycles. The first-order chi connectivity index (χ1) is 13.9. The molecule has 2 fully saturated rings. The standard InChI is InChI=1S/C19H23N7O2/c1-2-8-20-14(5-1)13-27-15-6-11-26(12-7-15)19-18(25-9-3-4-10-25)21-16-17(22-19)24-28-23-16/h1-2,5,8,15H,3-4,6-7,9-13H2. The van der Waals surface area contributed by atoms with Crippen molar-refractivity contribution in [3.63, 3.8) is 0 Å². The van der Waals surface area contributed by atoms with Crippen LogP contribution >= 0.6 is 0 Å². The van der Waals surface area contributed by atoms with Gasteiger partial charge in [-0.1, -0.05) is 6.07 Å². The predicted octanol–water partition coefficient (Wildman–Crippen LogP) is 2.19. The summed E-state index contributed by atoms with van der Waals surface area (Å²) in [6, 6.07) is 5.90. The van der Waals surface area contributed by atoms with Crippen LogP contribution in [0.5, 0.6) is 0 Å². The molecule has 9 nitrogen and oxygen atoms in total. The topological polar surface area (TPSA) is 93.3 Å². The second-order valence-corrected chi connectivity index (χ2v) is 7.29. The third kappa shape index (κ3) is 3.49. The van der Waals surface area contributed by atoms with E-state index in [1.807, 2.05) is 18.2 Å². The van der Waals surface area contributed by atoms with Gasteiger partial charge < -0.3 is 14.5 Å². The highest BCUT2D eigenvalue weighted by Gasteiger charge is 2.28. The van der Waals surface area contributed by atoms with Gasteiger partial charge in [-0.3, -0.25) is 4.98 Å². The molecule has 146 valence electrons. The maximum absolute atomic E-state index is 6.07. The maximum atomic E-state index is 6.07. The zero-order valence-electron chi connectivity index (χ0n) is 15.7. The molecule has 2 aliphatic rings. The van der Waals surface area contributed by atoms with Gasteiger partial charge in [0.05, 0.1) is 18.4 Å². The number of anilines is 2. The molecule has 2 saturated heterocycles. The van der Waals surface area contributed by atoms with E-state index < -0.39 is 0 Å². The molecule has 5 heterocycles. The minimum atomic E-state index is 0.235. The van der Waals surface area contributed by atoms with Crippen LogP contribution in [0.25, 0.3) is 11.3 Å². The monoisotopic (exact) mass is 381 g/mol. The number of pyridine rings is 1. The van der Waals surface area contributed by atoms with E-state index in [1.54, 1.807) is 6.20 Å². The van der Waals surface area contributed by atoms with Crippen LogP contribution in [0.2, 0.25) is 0 Å². The highest BCUT2D eigenvalue weighted by molar-refractivity contribution is 5.74. The van der Waals surface area contributed by atoms with Gasteiger partial charge in [0.2, 0.25) is 11.3 Å². The smallest absolute Gasteiger partial charge is 0.245 e. The van der Waals surface area contributed by atoms with Crippen LogP contribution in [0, 0.1) is 0 Å². The number of ether oxygens (including phenoxy) is 1. The van der Waals surface area contributed by atoms with Crippen molar-refractivity contribution >= 4 is 22.9 Å². The minimum Gasteiger partial charge on any atom is -0.372 e. The fraction of sp³-hybridized carbons (Fsp3) is 0.526. The Kier molecular flexibility index (Phi) is 4.74. The van der Waals surface area contributed by atoms with Crippen molar-refractivity contribution in [2.75, 3.05) is 36.0 Å². The Bertz CT molecular complexity index is 918. The first kappa shape index (κ1) is 17.3. The van der Waals surface area contributed by atoms with Crippen LogP contribution in [0.15, 0.2) is 29.0 Å². The number of hydrogen-bond donors (Lipinski definition) is 0.